The van der Waals surface area contributed by atoms with Crippen molar-refractivity contribution < 1.29 is 14.3 Å². The standard InChI is InChI=1S/C17H26N2O3/c1-13-5-3-4-6-15(13)22-12-9-19(2)17(20)16(18)14-7-10-21-11-8-14/h3-6,14,16H,7-12,18H2,1-2H3. The zero-order valence-corrected chi connectivity index (χ0v) is 13.5. The summed E-state index contributed by atoms with van der Waals surface area (Å²) in [6.07, 6.45) is 1.72. The molecule has 122 valence electrons. The highest BCUT2D eigenvalue weighted by Crippen LogP contribution is 2.19. The lowest BCUT2D eigenvalue weighted by Gasteiger charge is -2.29. The first-order valence-electron chi connectivity index (χ1n) is 7.86. The van der Waals surface area contributed by atoms with Crippen molar-refractivity contribution >= 4 is 5.91 Å². The highest BCUT2D eigenvalue weighted by molar-refractivity contribution is 5.81. The van der Waals surface area contributed by atoms with Crippen LogP contribution in [-0.4, -0.2) is 50.3 Å². The molecule has 0 aliphatic carbocycles. The number of hydrogen-bond donors (Lipinski definition) is 1. The molecule has 1 fully saturated rings. The van der Waals surface area contributed by atoms with Crippen molar-refractivity contribution in [2.75, 3.05) is 33.4 Å². The van der Waals surface area contributed by atoms with Gasteiger partial charge in [-0.25, -0.2) is 0 Å². The van der Waals surface area contributed by atoms with E-state index in [2.05, 4.69) is 0 Å². The summed E-state index contributed by atoms with van der Waals surface area (Å²) >= 11 is 0. The Kier molecular flexibility index (Phi) is 6.21. The predicted molar refractivity (Wildman–Crippen MR) is 85.8 cm³/mol. The molecular weight excluding hydrogens is 280 g/mol. The van der Waals surface area contributed by atoms with Crippen LogP contribution in [0, 0.1) is 12.8 Å². The van der Waals surface area contributed by atoms with Crippen molar-refractivity contribution in [1.29, 1.82) is 0 Å². The first-order valence-corrected chi connectivity index (χ1v) is 7.86. The summed E-state index contributed by atoms with van der Waals surface area (Å²) in [5.74, 6) is 1.07. The van der Waals surface area contributed by atoms with E-state index in [4.69, 9.17) is 15.2 Å². The zero-order valence-electron chi connectivity index (χ0n) is 13.5. The Balaban J connectivity index is 1.77. The SMILES string of the molecule is Cc1ccccc1OCCN(C)C(=O)C(N)C1CCOCC1. The van der Waals surface area contributed by atoms with Gasteiger partial charge in [0, 0.05) is 20.3 Å². The minimum Gasteiger partial charge on any atom is -0.491 e. The molecule has 1 atom stereocenters. The third-order valence-electron chi connectivity index (χ3n) is 4.21. The second-order valence-electron chi connectivity index (χ2n) is 5.85. The van der Waals surface area contributed by atoms with Crippen molar-refractivity contribution in [2.24, 2.45) is 11.7 Å². The molecule has 2 rings (SSSR count). The van der Waals surface area contributed by atoms with Crippen LogP contribution >= 0.6 is 0 Å². The van der Waals surface area contributed by atoms with E-state index in [0.29, 0.717) is 26.4 Å². The van der Waals surface area contributed by atoms with E-state index in [1.165, 1.54) is 0 Å². The molecule has 1 saturated heterocycles. The van der Waals surface area contributed by atoms with Gasteiger partial charge < -0.3 is 20.1 Å². The molecule has 1 aromatic rings. The molecule has 0 spiro atoms. The number of carbonyl (C=O) groups is 1. The predicted octanol–water partition coefficient (Wildman–Crippen LogP) is 1.59. The van der Waals surface area contributed by atoms with Gasteiger partial charge in [-0.2, -0.15) is 0 Å². The van der Waals surface area contributed by atoms with Gasteiger partial charge in [0.2, 0.25) is 5.91 Å². The summed E-state index contributed by atoms with van der Waals surface area (Å²) in [7, 11) is 1.78. The smallest absolute Gasteiger partial charge is 0.239 e. The van der Waals surface area contributed by atoms with Crippen LogP contribution in [0.2, 0.25) is 0 Å². The normalized spacial score (nSPS) is 17.0. The van der Waals surface area contributed by atoms with Gasteiger partial charge in [0.15, 0.2) is 0 Å². The largest absolute Gasteiger partial charge is 0.491 e. The second-order valence-corrected chi connectivity index (χ2v) is 5.85. The van der Waals surface area contributed by atoms with E-state index >= 15 is 0 Å². The van der Waals surface area contributed by atoms with E-state index < -0.39 is 6.04 Å². The van der Waals surface area contributed by atoms with Crippen LogP contribution in [0.15, 0.2) is 24.3 Å². The first-order chi connectivity index (χ1) is 10.6. The van der Waals surface area contributed by atoms with Gasteiger partial charge in [0.1, 0.15) is 12.4 Å². The van der Waals surface area contributed by atoms with E-state index in [1.807, 2.05) is 31.2 Å². The van der Waals surface area contributed by atoms with Gasteiger partial charge in [-0.05, 0) is 37.3 Å². The molecular formula is C17H26N2O3. The number of benzene rings is 1. The quantitative estimate of drug-likeness (QED) is 0.867. The van der Waals surface area contributed by atoms with Crippen LogP contribution in [0.4, 0.5) is 0 Å². The number of carbonyl (C=O) groups excluding carboxylic acids is 1. The van der Waals surface area contributed by atoms with Gasteiger partial charge in [0.05, 0.1) is 12.6 Å². The average Bonchev–Trinajstić information content (AvgIpc) is 2.56. The van der Waals surface area contributed by atoms with E-state index in [1.54, 1.807) is 11.9 Å². The molecule has 2 N–H and O–H groups in total. The summed E-state index contributed by atoms with van der Waals surface area (Å²) in [4.78, 5) is 14.0. The van der Waals surface area contributed by atoms with Crippen LogP contribution < -0.4 is 10.5 Å². The lowest BCUT2D eigenvalue weighted by molar-refractivity contribution is -0.133. The van der Waals surface area contributed by atoms with Crippen molar-refractivity contribution in [3.8, 4) is 5.75 Å². The summed E-state index contributed by atoms with van der Waals surface area (Å²) in [6.45, 7) is 4.40. The molecule has 1 unspecified atom stereocenters. The minimum absolute atomic E-state index is 0.0136. The number of nitrogens with two attached hydrogens (primary N) is 1. The Bertz CT molecular complexity index is 487. The molecule has 22 heavy (non-hydrogen) atoms. The Hall–Kier alpha value is -1.59. The molecule has 5 heteroatoms. The minimum atomic E-state index is -0.438. The number of ether oxygens (including phenoxy) is 2. The fourth-order valence-corrected chi connectivity index (χ4v) is 2.65. The van der Waals surface area contributed by atoms with E-state index in [-0.39, 0.29) is 11.8 Å². The Morgan fingerprint density at radius 2 is 2.09 bits per heavy atom. The monoisotopic (exact) mass is 306 g/mol. The molecule has 1 amide bonds. The van der Waals surface area contributed by atoms with E-state index in [9.17, 15) is 4.79 Å². The van der Waals surface area contributed by atoms with Crippen molar-refractivity contribution in [2.45, 2.75) is 25.8 Å². The lowest BCUT2D eigenvalue weighted by atomic mass is 9.91. The van der Waals surface area contributed by atoms with Gasteiger partial charge >= 0.3 is 0 Å². The van der Waals surface area contributed by atoms with Crippen molar-refractivity contribution in [3.63, 3.8) is 0 Å². The summed E-state index contributed by atoms with van der Waals surface area (Å²) in [5, 5.41) is 0. The fourth-order valence-electron chi connectivity index (χ4n) is 2.65. The zero-order chi connectivity index (χ0) is 15.9. The third kappa shape index (κ3) is 4.45. The highest BCUT2D eigenvalue weighted by atomic mass is 16.5. The van der Waals surface area contributed by atoms with Gasteiger partial charge in [-0.1, -0.05) is 18.2 Å². The molecule has 0 aromatic heterocycles. The van der Waals surface area contributed by atoms with Crippen LogP contribution in [0.1, 0.15) is 18.4 Å². The van der Waals surface area contributed by atoms with Gasteiger partial charge in [-0.3, -0.25) is 4.79 Å². The third-order valence-corrected chi connectivity index (χ3v) is 4.21. The second kappa shape index (κ2) is 8.15. The summed E-state index contributed by atoms with van der Waals surface area (Å²) in [5.41, 5.74) is 7.21. The number of likely N-dealkylation sites (N-methyl/N-ethyl adjacent to an activating group) is 1. The Morgan fingerprint density at radius 3 is 2.77 bits per heavy atom. The molecule has 1 heterocycles. The first kappa shape index (κ1) is 16.8. The van der Waals surface area contributed by atoms with E-state index in [0.717, 1.165) is 24.2 Å². The number of nitrogens with zero attached hydrogens (tertiary/aromatic N) is 1. The molecule has 1 aliphatic rings. The molecule has 0 saturated carbocycles. The fraction of sp³-hybridized carbons (Fsp3) is 0.588. The number of rotatable bonds is 6. The van der Waals surface area contributed by atoms with Gasteiger partial charge in [0.25, 0.3) is 0 Å². The van der Waals surface area contributed by atoms with Crippen molar-refractivity contribution in [1.82, 2.24) is 4.90 Å². The van der Waals surface area contributed by atoms with Crippen LogP contribution in [-0.2, 0) is 9.53 Å². The molecule has 0 bridgehead atoms. The number of hydrogen-bond acceptors (Lipinski definition) is 4. The lowest BCUT2D eigenvalue weighted by Crippen LogP contribution is -2.48. The average molecular weight is 306 g/mol. The maximum atomic E-state index is 12.4. The summed E-state index contributed by atoms with van der Waals surface area (Å²) < 4.78 is 11.0. The molecule has 5 nitrogen and oxygen atoms in total. The van der Waals surface area contributed by atoms with Crippen LogP contribution in [0.3, 0.4) is 0 Å². The number of aryl methyl sites for hydroxylation is 1. The maximum Gasteiger partial charge on any atom is 0.239 e. The molecule has 1 aliphatic heterocycles. The topological polar surface area (TPSA) is 64.8 Å². The van der Waals surface area contributed by atoms with Crippen LogP contribution in [0.5, 0.6) is 5.75 Å². The van der Waals surface area contributed by atoms with Gasteiger partial charge in [-0.15, -0.1) is 0 Å². The molecule has 0 radical (unpaired) electrons. The number of para-hydroxylation sites is 1. The molecule has 1 aromatic carbocycles. The Labute approximate surface area is 132 Å². The summed E-state index contributed by atoms with van der Waals surface area (Å²) in [6, 6.07) is 7.42. The maximum absolute atomic E-state index is 12.4. The number of amides is 1. The Morgan fingerprint density at radius 1 is 1.41 bits per heavy atom. The van der Waals surface area contributed by atoms with Crippen molar-refractivity contribution in [3.05, 3.63) is 29.8 Å². The van der Waals surface area contributed by atoms with Crippen LogP contribution in [0.25, 0.3) is 0 Å². The highest BCUT2D eigenvalue weighted by Gasteiger charge is 2.28.